The highest BCUT2D eigenvalue weighted by Crippen LogP contribution is 2.33. The first-order chi connectivity index (χ1) is 9.95. The lowest BCUT2D eigenvalue weighted by Crippen LogP contribution is -2.41. The van der Waals surface area contributed by atoms with E-state index < -0.39 is 5.97 Å². The molecule has 2 amide bonds. The van der Waals surface area contributed by atoms with Crippen LogP contribution in [0.25, 0.3) is 0 Å². The smallest absolute Gasteiger partial charge is 0.338 e. The van der Waals surface area contributed by atoms with Gasteiger partial charge in [-0.1, -0.05) is 12.8 Å². The van der Waals surface area contributed by atoms with Crippen molar-refractivity contribution in [2.24, 2.45) is 0 Å². The fourth-order valence-corrected chi connectivity index (χ4v) is 3.97. The molecule has 1 fully saturated rings. The number of rotatable bonds is 4. The second kappa shape index (κ2) is 6.47. The first-order valence-corrected chi connectivity index (χ1v) is 8.18. The van der Waals surface area contributed by atoms with Crippen molar-refractivity contribution in [1.82, 2.24) is 4.90 Å². The van der Waals surface area contributed by atoms with Crippen LogP contribution < -0.4 is 5.32 Å². The van der Waals surface area contributed by atoms with Crippen LogP contribution in [0.2, 0.25) is 0 Å². The molecule has 6 heteroatoms. The lowest BCUT2D eigenvalue weighted by Gasteiger charge is -2.27. The molecule has 0 radical (unpaired) electrons. The third kappa shape index (κ3) is 3.20. The molecule has 21 heavy (non-hydrogen) atoms. The van der Waals surface area contributed by atoms with Crippen LogP contribution >= 0.6 is 11.3 Å². The zero-order valence-electron chi connectivity index (χ0n) is 12.7. The fraction of sp³-hybridized carbons (Fsp3) is 0.600. The van der Waals surface area contributed by atoms with E-state index >= 15 is 0 Å². The Morgan fingerprint density at radius 2 is 1.95 bits per heavy atom. The number of hydrogen-bond donors (Lipinski definition) is 2. The van der Waals surface area contributed by atoms with Crippen LogP contribution in [0.3, 0.4) is 0 Å². The number of hydrogen-bond acceptors (Lipinski definition) is 3. The van der Waals surface area contributed by atoms with Gasteiger partial charge in [0.05, 0.1) is 5.56 Å². The highest BCUT2D eigenvalue weighted by atomic mass is 32.1. The van der Waals surface area contributed by atoms with Gasteiger partial charge >= 0.3 is 12.0 Å². The van der Waals surface area contributed by atoms with Gasteiger partial charge in [-0.3, -0.25) is 5.32 Å². The molecule has 1 heterocycles. The van der Waals surface area contributed by atoms with E-state index in [9.17, 15) is 14.7 Å². The molecular formula is C15H22N2O3S. The Bertz CT molecular complexity index is 547. The summed E-state index contributed by atoms with van der Waals surface area (Å²) in [7, 11) is 0. The Morgan fingerprint density at radius 1 is 1.33 bits per heavy atom. The summed E-state index contributed by atoms with van der Waals surface area (Å²) < 4.78 is 0. The Hall–Kier alpha value is -1.56. The van der Waals surface area contributed by atoms with Crippen LogP contribution in [0, 0.1) is 13.8 Å². The monoisotopic (exact) mass is 310 g/mol. The van der Waals surface area contributed by atoms with E-state index in [0.717, 1.165) is 36.1 Å². The van der Waals surface area contributed by atoms with Crippen LogP contribution in [-0.4, -0.2) is 34.6 Å². The van der Waals surface area contributed by atoms with Crippen molar-refractivity contribution in [2.75, 3.05) is 11.9 Å². The molecule has 0 bridgehead atoms. The summed E-state index contributed by atoms with van der Waals surface area (Å²) in [4.78, 5) is 26.6. The van der Waals surface area contributed by atoms with Crippen LogP contribution in [0.1, 0.15) is 53.4 Å². The molecule has 2 N–H and O–H groups in total. The van der Waals surface area contributed by atoms with Gasteiger partial charge in [-0.15, -0.1) is 11.3 Å². The number of thiophene rings is 1. The number of amides is 2. The Kier molecular flexibility index (Phi) is 4.88. The Morgan fingerprint density at radius 3 is 2.48 bits per heavy atom. The minimum absolute atomic E-state index is 0.187. The fourth-order valence-electron chi connectivity index (χ4n) is 2.93. The molecule has 1 aromatic rings. The van der Waals surface area contributed by atoms with Crippen molar-refractivity contribution in [1.29, 1.82) is 0 Å². The highest BCUT2D eigenvalue weighted by molar-refractivity contribution is 7.16. The predicted octanol–water partition coefficient (Wildman–Crippen LogP) is 3.86. The number of carbonyl (C=O) groups is 2. The molecule has 0 atom stereocenters. The van der Waals surface area contributed by atoms with Gasteiger partial charge < -0.3 is 10.0 Å². The zero-order valence-corrected chi connectivity index (χ0v) is 13.5. The number of carboxylic acid groups (broad SMARTS) is 1. The normalized spacial score (nSPS) is 15.2. The van der Waals surface area contributed by atoms with E-state index in [-0.39, 0.29) is 17.6 Å². The van der Waals surface area contributed by atoms with Crippen LogP contribution in [0.15, 0.2) is 0 Å². The summed E-state index contributed by atoms with van der Waals surface area (Å²) in [6, 6.07) is 0.0959. The van der Waals surface area contributed by atoms with Gasteiger partial charge in [-0.25, -0.2) is 9.59 Å². The first-order valence-electron chi connectivity index (χ1n) is 7.36. The van der Waals surface area contributed by atoms with Crippen molar-refractivity contribution >= 4 is 28.3 Å². The Labute approximate surface area is 129 Å². The van der Waals surface area contributed by atoms with Crippen molar-refractivity contribution in [3.8, 4) is 0 Å². The molecule has 1 aliphatic rings. The van der Waals surface area contributed by atoms with E-state index in [2.05, 4.69) is 5.32 Å². The largest absolute Gasteiger partial charge is 0.478 e. The third-order valence-electron chi connectivity index (χ3n) is 4.19. The highest BCUT2D eigenvalue weighted by Gasteiger charge is 2.27. The maximum Gasteiger partial charge on any atom is 0.338 e. The molecule has 0 unspecified atom stereocenters. The minimum Gasteiger partial charge on any atom is -0.478 e. The summed E-state index contributed by atoms with van der Waals surface area (Å²) in [6.07, 6.45) is 4.39. The molecule has 5 nitrogen and oxygen atoms in total. The van der Waals surface area contributed by atoms with Crippen molar-refractivity contribution in [3.05, 3.63) is 16.0 Å². The van der Waals surface area contributed by atoms with Gasteiger partial charge in [0.25, 0.3) is 0 Å². The van der Waals surface area contributed by atoms with Crippen molar-refractivity contribution in [3.63, 3.8) is 0 Å². The van der Waals surface area contributed by atoms with Crippen LogP contribution in [0.4, 0.5) is 9.80 Å². The minimum atomic E-state index is -0.990. The number of anilines is 1. The quantitative estimate of drug-likeness (QED) is 0.887. The first kappa shape index (κ1) is 15.8. The van der Waals surface area contributed by atoms with Crippen LogP contribution in [0.5, 0.6) is 0 Å². The van der Waals surface area contributed by atoms with Gasteiger partial charge in [0.1, 0.15) is 5.00 Å². The molecule has 2 rings (SSSR count). The van der Waals surface area contributed by atoms with E-state index in [1.54, 1.807) is 6.92 Å². The lowest BCUT2D eigenvalue weighted by atomic mass is 10.1. The molecular weight excluding hydrogens is 288 g/mol. The third-order valence-corrected chi connectivity index (χ3v) is 5.31. The maximum atomic E-state index is 12.5. The number of carbonyl (C=O) groups excluding carboxylic acids is 1. The van der Waals surface area contributed by atoms with Gasteiger partial charge in [0.15, 0.2) is 0 Å². The number of nitrogens with zero attached hydrogens (tertiary/aromatic N) is 1. The van der Waals surface area contributed by atoms with Crippen molar-refractivity contribution in [2.45, 2.75) is 52.5 Å². The molecule has 1 aliphatic carbocycles. The second-order valence-corrected chi connectivity index (χ2v) is 6.67. The number of aryl methyl sites for hydroxylation is 1. The average molecular weight is 310 g/mol. The van der Waals surface area contributed by atoms with E-state index in [1.165, 1.54) is 11.3 Å². The van der Waals surface area contributed by atoms with Gasteiger partial charge in [-0.2, -0.15) is 0 Å². The SMILES string of the molecule is CCN(C(=O)Nc1sc(C)c(C)c1C(=O)O)C1CCCC1. The van der Waals surface area contributed by atoms with Crippen molar-refractivity contribution < 1.29 is 14.7 Å². The lowest BCUT2D eigenvalue weighted by molar-refractivity contribution is 0.0697. The molecule has 0 spiro atoms. The van der Waals surface area contributed by atoms with E-state index in [1.807, 2.05) is 18.7 Å². The van der Waals surface area contributed by atoms with E-state index in [4.69, 9.17) is 0 Å². The number of carboxylic acids is 1. The predicted molar refractivity (Wildman–Crippen MR) is 84.4 cm³/mol. The molecule has 0 aliphatic heterocycles. The number of urea groups is 1. The molecule has 0 saturated heterocycles. The van der Waals surface area contributed by atoms with Gasteiger partial charge in [0.2, 0.25) is 0 Å². The molecule has 1 saturated carbocycles. The molecule has 0 aromatic carbocycles. The number of nitrogens with one attached hydrogen (secondary N) is 1. The summed E-state index contributed by atoms with van der Waals surface area (Å²) in [5, 5.41) is 12.6. The number of aromatic carboxylic acids is 1. The zero-order chi connectivity index (χ0) is 15.6. The summed E-state index contributed by atoms with van der Waals surface area (Å²) in [5.41, 5.74) is 0.944. The summed E-state index contributed by atoms with van der Waals surface area (Å²) in [5.74, 6) is -0.990. The average Bonchev–Trinajstić information content (AvgIpc) is 3.00. The standard InChI is InChI=1S/C15H22N2O3S/c1-4-17(11-7-5-6-8-11)15(20)16-13-12(14(18)19)9(2)10(3)21-13/h11H,4-8H2,1-3H3,(H,16,20)(H,18,19). The maximum absolute atomic E-state index is 12.5. The summed E-state index contributed by atoms with van der Waals surface area (Å²) in [6.45, 7) is 6.25. The van der Waals surface area contributed by atoms with E-state index in [0.29, 0.717) is 11.5 Å². The van der Waals surface area contributed by atoms with Gasteiger partial charge in [0, 0.05) is 17.5 Å². The van der Waals surface area contributed by atoms with Crippen LogP contribution in [-0.2, 0) is 0 Å². The summed E-state index contributed by atoms with van der Waals surface area (Å²) >= 11 is 1.33. The topological polar surface area (TPSA) is 69.6 Å². The molecule has 116 valence electrons. The van der Waals surface area contributed by atoms with Gasteiger partial charge in [-0.05, 0) is 39.2 Å². The molecule has 1 aromatic heterocycles. The Balaban J connectivity index is 2.18. The second-order valence-electron chi connectivity index (χ2n) is 5.45.